The summed E-state index contributed by atoms with van der Waals surface area (Å²) in [5.41, 5.74) is 5.51. The summed E-state index contributed by atoms with van der Waals surface area (Å²) < 4.78 is 10.8. The lowest BCUT2D eigenvalue weighted by Crippen LogP contribution is -2.42. The largest absolute Gasteiger partial charge is 0.494 e. The van der Waals surface area contributed by atoms with E-state index in [1.807, 2.05) is 26.0 Å². The van der Waals surface area contributed by atoms with Gasteiger partial charge in [0, 0.05) is 19.6 Å². The highest BCUT2D eigenvalue weighted by molar-refractivity contribution is 5.77. The van der Waals surface area contributed by atoms with Gasteiger partial charge < -0.3 is 20.1 Å². The number of nitrogens with two attached hydrogens (primary N) is 1. The molecule has 0 aromatic heterocycles. The zero-order valence-electron chi connectivity index (χ0n) is 11.8. The molecule has 0 bridgehead atoms. The number of ether oxygens (including phenoxy) is 2. The predicted octanol–water partition coefficient (Wildman–Crippen LogP) is 1.27. The van der Waals surface area contributed by atoms with Gasteiger partial charge >= 0.3 is 0 Å². The Morgan fingerprint density at radius 2 is 1.79 bits per heavy atom. The first-order valence-corrected chi connectivity index (χ1v) is 6.39. The maximum atomic E-state index is 11.8. The summed E-state index contributed by atoms with van der Waals surface area (Å²) in [5.74, 6) is 1.34. The van der Waals surface area contributed by atoms with Crippen LogP contribution in [0.1, 0.15) is 13.8 Å². The van der Waals surface area contributed by atoms with Crippen molar-refractivity contribution >= 4 is 5.91 Å². The van der Waals surface area contributed by atoms with Crippen LogP contribution in [0.5, 0.6) is 11.5 Å². The van der Waals surface area contributed by atoms with E-state index in [0.29, 0.717) is 18.9 Å². The van der Waals surface area contributed by atoms with E-state index < -0.39 is 0 Å². The van der Waals surface area contributed by atoms with Crippen molar-refractivity contribution < 1.29 is 14.3 Å². The third kappa shape index (κ3) is 4.79. The molecule has 2 N–H and O–H groups in total. The predicted molar refractivity (Wildman–Crippen MR) is 74.4 cm³/mol. The number of nitrogens with zero attached hydrogens (tertiary/aromatic N) is 1. The van der Waals surface area contributed by atoms with E-state index in [1.165, 1.54) is 0 Å². The van der Waals surface area contributed by atoms with Crippen molar-refractivity contribution in [2.45, 2.75) is 19.9 Å². The highest BCUT2D eigenvalue weighted by Crippen LogP contribution is 2.17. The van der Waals surface area contributed by atoms with E-state index in [9.17, 15) is 4.79 Å². The molecule has 1 atom stereocenters. The fourth-order valence-corrected chi connectivity index (χ4v) is 1.45. The monoisotopic (exact) mass is 266 g/mol. The van der Waals surface area contributed by atoms with Gasteiger partial charge in [-0.15, -0.1) is 0 Å². The fourth-order valence-electron chi connectivity index (χ4n) is 1.45. The Morgan fingerprint density at radius 1 is 1.26 bits per heavy atom. The second kappa shape index (κ2) is 7.63. The second-order valence-corrected chi connectivity index (χ2v) is 4.28. The lowest BCUT2D eigenvalue weighted by atomic mass is 10.3. The summed E-state index contributed by atoms with van der Waals surface area (Å²) in [6.07, 6.45) is 0. The zero-order valence-corrected chi connectivity index (χ0v) is 11.8. The van der Waals surface area contributed by atoms with Crippen molar-refractivity contribution in [3.63, 3.8) is 0 Å². The molecule has 1 amide bonds. The molecular weight excluding hydrogens is 244 g/mol. The van der Waals surface area contributed by atoms with Gasteiger partial charge in [0.05, 0.1) is 6.61 Å². The second-order valence-electron chi connectivity index (χ2n) is 4.28. The first-order valence-electron chi connectivity index (χ1n) is 6.39. The Labute approximate surface area is 114 Å². The van der Waals surface area contributed by atoms with Crippen molar-refractivity contribution in [3.05, 3.63) is 24.3 Å². The molecule has 0 fully saturated rings. The quantitative estimate of drug-likeness (QED) is 0.807. The molecule has 1 unspecified atom stereocenters. The average Bonchev–Trinajstić information content (AvgIpc) is 2.44. The van der Waals surface area contributed by atoms with Gasteiger partial charge in [-0.25, -0.2) is 0 Å². The van der Waals surface area contributed by atoms with Crippen LogP contribution in [0, 0.1) is 0 Å². The van der Waals surface area contributed by atoms with Crippen molar-refractivity contribution in [1.82, 2.24) is 4.90 Å². The molecule has 1 rings (SSSR count). The lowest BCUT2D eigenvalue weighted by Gasteiger charge is -2.23. The molecule has 1 aromatic carbocycles. The van der Waals surface area contributed by atoms with Gasteiger partial charge in [0.25, 0.3) is 5.91 Å². The number of benzene rings is 1. The number of hydrogen-bond donors (Lipinski definition) is 1. The maximum absolute atomic E-state index is 11.8. The zero-order chi connectivity index (χ0) is 14.3. The van der Waals surface area contributed by atoms with Gasteiger partial charge in [0.1, 0.15) is 11.5 Å². The van der Waals surface area contributed by atoms with Crippen molar-refractivity contribution in [1.29, 1.82) is 0 Å². The smallest absolute Gasteiger partial charge is 0.260 e. The minimum Gasteiger partial charge on any atom is -0.494 e. The Kier molecular flexibility index (Phi) is 6.15. The van der Waals surface area contributed by atoms with Gasteiger partial charge in [-0.2, -0.15) is 0 Å². The molecule has 0 heterocycles. The van der Waals surface area contributed by atoms with Crippen LogP contribution in [0.25, 0.3) is 0 Å². The first-order chi connectivity index (χ1) is 9.08. The molecular formula is C14H22N2O3. The summed E-state index contributed by atoms with van der Waals surface area (Å²) in [4.78, 5) is 13.4. The molecule has 1 aromatic rings. The van der Waals surface area contributed by atoms with Crippen LogP contribution in [-0.4, -0.2) is 43.7 Å². The summed E-state index contributed by atoms with van der Waals surface area (Å²) in [5, 5.41) is 0. The first kappa shape index (κ1) is 15.3. The van der Waals surface area contributed by atoms with Crippen molar-refractivity contribution in [2.24, 2.45) is 5.73 Å². The van der Waals surface area contributed by atoms with E-state index >= 15 is 0 Å². The van der Waals surface area contributed by atoms with Crippen LogP contribution in [0.4, 0.5) is 0 Å². The Morgan fingerprint density at radius 3 is 2.26 bits per heavy atom. The molecule has 0 aliphatic rings. The van der Waals surface area contributed by atoms with Crippen LogP contribution < -0.4 is 15.2 Å². The highest BCUT2D eigenvalue weighted by Gasteiger charge is 2.14. The number of likely N-dealkylation sites (N-methyl/N-ethyl adjacent to an activating group) is 1. The van der Waals surface area contributed by atoms with E-state index in [4.69, 9.17) is 15.2 Å². The van der Waals surface area contributed by atoms with E-state index in [-0.39, 0.29) is 18.6 Å². The fraction of sp³-hybridized carbons (Fsp3) is 0.500. The molecule has 0 aliphatic heterocycles. The van der Waals surface area contributed by atoms with E-state index in [1.54, 1.807) is 24.1 Å². The van der Waals surface area contributed by atoms with Crippen molar-refractivity contribution in [2.75, 3.05) is 26.8 Å². The summed E-state index contributed by atoms with van der Waals surface area (Å²) in [6.45, 7) is 4.90. The summed E-state index contributed by atoms with van der Waals surface area (Å²) >= 11 is 0. The van der Waals surface area contributed by atoms with Gasteiger partial charge in [0.15, 0.2) is 6.61 Å². The van der Waals surface area contributed by atoms with Crippen molar-refractivity contribution in [3.8, 4) is 11.5 Å². The Hall–Kier alpha value is -1.75. The number of hydrogen-bond acceptors (Lipinski definition) is 4. The number of rotatable bonds is 7. The third-order valence-corrected chi connectivity index (χ3v) is 2.89. The minimum atomic E-state index is -0.0909. The van der Waals surface area contributed by atoms with E-state index in [2.05, 4.69) is 0 Å². The molecule has 5 nitrogen and oxygen atoms in total. The minimum absolute atomic E-state index is 0.00875. The topological polar surface area (TPSA) is 64.8 Å². The van der Waals surface area contributed by atoms with Gasteiger partial charge in [-0.3, -0.25) is 4.79 Å². The third-order valence-electron chi connectivity index (χ3n) is 2.89. The number of carbonyl (C=O) groups is 1. The molecule has 0 radical (unpaired) electrons. The maximum Gasteiger partial charge on any atom is 0.260 e. The van der Waals surface area contributed by atoms with Gasteiger partial charge in [0.2, 0.25) is 0 Å². The molecule has 0 aliphatic carbocycles. The van der Waals surface area contributed by atoms with Gasteiger partial charge in [-0.1, -0.05) is 0 Å². The standard InChI is InChI=1S/C14H22N2O3/c1-4-18-12-5-7-13(8-6-12)19-10-14(17)16(3)11(2)9-15/h5-8,11H,4,9-10,15H2,1-3H3. The van der Waals surface area contributed by atoms with Crippen LogP contribution in [0.15, 0.2) is 24.3 Å². The highest BCUT2D eigenvalue weighted by atomic mass is 16.5. The van der Waals surface area contributed by atoms with Crippen LogP contribution in [0.3, 0.4) is 0 Å². The summed E-state index contributed by atoms with van der Waals surface area (Å²) in [7, 11) is 1.72. The average molecular weight is 266 g/mol. The molecule has 106 valence electrons. The Balaban J connectivity index is 2.45. The number of carbonyl (C=O) groups excluding carboxylic acids is 1. The number of amides is 1. The van der Waals surface area contributed by atoms with Crippen LogP contribution in [-0.2, 0) is 4.79 Å². The summed E-state index contributed by atoms with van der Waals surface area (Å²) in [6, 6.07) is 7.21. The Bertz CT molecular complexity index is 392. The molecule has 0 saturated carbocycles. The normalized spacial score (nSPS) is 11.8. The van der Waals surface area contributed by atoms with Crippen LogP contribution >= 0.6 is 0 Å². The van der Waals surface area contributed by atoms with E-state index in [0.717, 1.165) is 5.75 Å². The molecule has 19 heavy (non-hydrogen) atoms. The molecule has 5 heteroatoms. The SMILES string of the molecule is CCOc1ccc(OCC(=O)N(C)C(C)CN)cc1. The molecule has 0 spiro atoms. The van der Waals surface area contributed by atoms with Gasteiger partial charge in [-0.05, 0) is 38.1 Å². The van der Waals surface area contributed by atoms with Crippen LogP contribution in [0.2, 0.25) is 0 Å². The molecule has 0 saturated heterocycles. The lowest BCUT2D eigenvalue weighted by molar-refractivity contribution is -0.133.